The molecule has 3 aromatic rings. The third kappa shape index (κ3) is 3.73. The van der Waals surface area contributed by atoms with Gasteiger partial charge in [-0.2, -0.15) is 9.94 Å². The van der Waals surface area contributed by atoms with Gasteiger partial charge < -0.3 is 4.74 Å². The molecule has 1 spiro atoms. The minimum Gasteiger partial charge on any atom is -0.487 e. The second-order valence-corrected chi connectivity index (χ2v) is 7.62. The Morgan fingerprint density at radius 2 is 2.06 bits per heavy atom. The number of hydrogen-bond donors (Lipinski definition) is 2. The van der Waals surface area contributed by atoms with E-state index in [0.29, 0.717) is 23.6 Å². The molecule has 5 rings (SSSR count). The highest BCUT2D eigenvalue weighted by Gasteiger charge is 2.63. The number of benzene rings is 2. The van der Waals surface area contributed by atoms with Crippen LogP contribution in [0.2, 0.25) is 0 Å². The van der Waals surface area contributed by atoms with E-state index in [9.17, 15) is 13.6 Å². The van der Waals surface area contributed by atoms with Crippen molar-refractivity contribution in [3.8, 4) is 5.75 Å². The SMILES string of the molecule is O=Cc1ccc(OCC2=C[N+]3(CC(Cn4cncn4)(c4ccc(F)cc4F)O3)NN2)cc1. The summed E-state index contributed by atoms with van der Waals surface area (Å²) in [5.41, 5.74) is 6.43. The Bertz CT molecular complexity index is 1160. The first-order valence-electron chi connectivity index (χ1n) is 9.79. The van der Waals surface area contributed by atoms with E-state index in [4.69, 9.17) is 9.57 Å². The second kappa shape index (κ2) is 7.79. The van der Waals surface area contributed by atoms with Crippen LogP contribution in [0.3, 0.4) is 0 Å². The summed E-state index contributed by atoms with van der Waals surface area (Å²) in [7, 11) is 0. The van der Waals surface area contributed by atoms with Crippen molar-refractivity contribution in [1.82, 2.24) is 25.7 Å². The van der Waals surface area contributed by atoms with Gasteiger partial charge in [0.2, 0.25) is 5.60 Å². The summed E-state index contributed by atoms with van der Waals surface area (Å²) in [4.78, 5) is 20.9. The van der Waals surface area contributed by atoms with Crippen molar-refractivity contribution in [1.29, 1.82) is 0 Å². The lowest BCUT2D eigenvalue weighted by Gasteiger charge is -2.49. The average molecular weight is 441 g/mol. The molecule has 1 saturated heterocycles. The molecule has 2 N–H and O–H groups in total. The molecule has 11 heteroatoms. The van der Waals surface area contributed by atoms with Crippen LogP contribution in [0.25, 0.3) is 0 Å². The molecule has 2 atom stereocenters. The highest BCUT2D eigenvalue weighted by atomic mass is 19.1. The fourth-order valence-corrected chi connectivity index (χ4v) is 3.91. The second-order valence-electron chi connectivity index (χ2n) is 7.62. The fraction of sp³-hybridized carbons (Fsp3) is 0.190. The molecule has 1 fully saturated rings. The van der Waals surface area contributed by atoms with Gasteiger partial charge in [0.1, 0.15) is 48.6 Å². The van der Waals surface area contributed by atoms with Crippen molar-refractivity contribution in [3.05, 3.63) is 89.8 Å². The van der Waals surface area contributed by atoms with Crippen molar-refractivity contribution >= 4 is 6.29 Å². The number of hydroxylamine groups is 2. The molecule has 2 aromatic carbocycles. The van der Waals surface area contributed by atoms with Crippen LogP contribution in [0.5, 0.6) is 5.75 Å². The Balaban J connectivity index is 1.33. The van der Waals surface area contributed by atoms with Gasteiger partial charge in [0.15, 0.2) is 12.7 Å². The number of halogens is 2. The zero-order valence-corrected chi connectivity index (χ0v) is 16.7. The van der Waals surface area contributed by atoms with Gasteiger partial charge >= 0.3 is 0 Å². The molecule has 0 bridgehead atoms. The number of ether oxygens (including phenoxy) is 1. The zero-order valence-electron chi connectivity index (χ0n) is 16.7. The van der Waals surface area contributed by atoms with Crippen LogP contribution < -0.4 is 15.7 Å². The van der Waals surface area contributed by atoms with Gasteiger partial charge in [-0.25, -0.2) is 18.4 Å². The summed E-state index contributed by atoms with van der Waals surface area (Å²) in [6.45, 7) is 0.720. The summed E-state index contributed by atoms with van der Waals surface area (Å²) in [5.74, 6) is -0.747. The summed E-state index contributed by atoms with van der Waals surface area (Å²) in [5, 5.41) is 4.09. The van der Waals surface area contributed by atoms with Gasteiger partial charge in [-0.05, 0) is 41.9 Å². The molecular weight excluding hydrogens is 422 g/mol. The van der Waals surface area contributed by atoms with E-state index < -0.39 is 17.2 Å². The number of hydrazine groups is 1. The molecule has 0 aliphatic carbocycles. The minimum atomic E-state index is -1.09. The topological polar surface area (TPSA) is 90.3 Å². The number of hydrogen-bond acceptors (Lipinski definition) is 7. The summed E-state index contributed by atoms with van der Waals surface area (Å²) >= 11 is 0. The van der Waals surface area contributed by atoms with Crippen molar-refractivity contribution in [2.45, 2.75) is 12.1 Å². The molecule has 2 aliphatic rings. The summed E-state index contributed by atoms with van der Waals surface area (Å²) in [6, 6.07) is 10.2. The van der Waals surface area contributed by atoms with Crippen LogP contribution in [0.15, 0.2) is 67.0 Å². The van der Waals surface area contributed by atoms with Gasteiger partial charge in [0, 0.05) is 17.2 Å². The van der Waals surface area contributed by atoms with E-state index in [-0.39, 0.29) is 23.5 Å². The van der Waals surface area contributed by atoms with Gasteiger partial charge in [0.05, 0.1) is 6.54 Å². The van der Waals surface area contributed by atoms with E-state index >= 15 is 0 Å². The van der Waals surface area contributed by atoms with Crippen molar-refractivity contribution < 1.29 is 27.9 Å². The minimum absolute atomic E-state index is 0.117. The predicted molar refractivity (Wildman–Crippen MR) is 106 cm³/mol. The van der Waals surface area contributed by atoms with E-state index in [1.165, 1.54) is 24.8 Å². The number of rotatable bonds is 7. The summed E-state index contributed by atoms with van der Waals surface area (Å²) in [6.07, 6.45) is 5.43. The van der Waals surface area contributed by atoms with Crippen LogP contribution >= 0.6 is 0 Å². The first-order chi connectivity index (χ1) is 15.5. The largest absolute Gasteiger partial charge is 0.487 e. The van der Waals surface area contributed by atoms with E-state index in [1.807, 2.05) is 0 Å². The van der Waals surface area contributed by atoms with Crippen molar-refractivity contribution in [3.63, 3.8) is 0 Å². The maximum absolute atomic E-state index is 14.6. The van der Waals surface area contributed by atoms with E-state index in [1.54, 1.807) is 35.1 Å². The Hall–Kier alpha value is -3.67. The number of aromatic nitrogens is 3. The normalized spacial score (nSPS) is 24.0. The molecular formula is C21H19F2N6O3+. The Morgan fingerprint density at radius 3 is 2.75 bits per heavy atom. The number of nitrogens with one attached hydrogen (secondary N) is 2. The van der Waals surface area contributed by atoms with Crippen molar-refractivity contribution in [2.24, 2.45) is 0 Å². The van der Waals surface area contributed by atoms with Crippen LogP contribution in [0.1, 0.15) is 15.9 Å². The molecule has 9 nitrogen and oxygen atoms in total. The number of carbonyl (C=O) groups is 1. The lowest BCUT2D eigenvalue weighted by Crippen LogP contribution is -2.73. The molecule has 2 unspecified atom stereocenters. The Morgan fingerprint density at radius 1 is 1.25 bits per heavy atom. The van der Waals surface area contributed by atoms with E-state index in [2.05, 4.69) is 21.0 Å². The molecule has 164 valence electrons. The molecule has 32 heavy (non-hydrogen) atoms. The third-order valence-electron chi connectivity index (χ3n) is 5.31. The number of carbonyl (C=O) groups excluding carboxylic acids is 1. The zero-order chi connectivity index (χ0) is 22.2. The molecule has 2 aliphatic heterocycles. The first kappa shape index (κ1) is 20.2. The summed E-state index contributed by atoms with van der Waals surface area (Å²) < 4.78 is 35.3. The average Bonchev–Trinajstić information content (AvgIpc) is 3.42. The molecule has 1 aromatic heterocycles. The highest BCUT2D eigenvalue weighted by Crippen LogP contribution is 2.44. The van der Waals surface area contributed by atoms with Crippen LogP contribution in [-0.2, 0) is 17.0 Å². The number of nitrogens with zero attached hydrogens (tertiary/aromatic N) is 4. The highest BCUT2D eigenvalue weighted by molar-refractivity contribution is 5.74. The molecule has 0 saturated carbocycles. The maximum atomic E-state index is 14.6. The Kier molecular flexibility index (Phi) is 4.93. The van der Waals surface area contributed by atoms with Crippen LogP contribution in [0.4, 0.5) is 8.78 Å². The quantitative estimate of drug-likeness (QED) is 0.428. The molecule has 0 radical (unpaired) electrons. The molecule has 0 amide bonds. The monoisotopic (exact) mass is 441 g/mol. The fourth-order valence-electron chi connectivity index (χ4n) is 3.91. The lowest BCUT2D eigenvalue weighted by molar-refractivity contribution is -1.17. The van der Waals surface area contributed by atoms with Gasteiger partial charge in [0.25, 0.3) is 0 Å². The standard InChI is InChI=1S/C21H19F2N6O3/c22-16-3-6-19(20(23)7-16)21(11-28-14-24-13-25-28)12-29(32-21)8-17(26-27-29)10-31-18-4-1-15(9-30)2-5-18/h1-9,13-14,26-27H,10-12H2/q+1. The van der Waals surface area contributed by atoms with Crippen LogP contribution in [0, 0.1) is 11.6 Å². The van der Waals surface area contributed by atoms with Gasteiger partial charge in [-0.3, -0.25) is 10.2 Å². The Labute approximate surface area is 181 Å². The van der Waals surface area contributed by atoms with Gasteiger partial charge in [-0.15, -0.1) is 0 Å². The molecule has 3 heterocycles. The van der Waals surface area contributed by atoms with Crippen molar-refractivity contribution in [2.75, 3.05) is 13.2 Å². The maximum Gasteiger partial charge on any atom is 0.231 e. The smallest absolute Gasteiger partial charge is 0.231 e. The van der Waals surface area contributed by atoms with Crippen LogP contribution in [-0.4, -0.2) is 39.0 Å². The first-order valence-corrected chi connectivity index (χ1v) is 9.79. The van der Waals surface area contributed by atoms with E-state index in [0.717, 1.165) is 12.4 Å². The number of aldehydes is 1. The van der Waals surface area contributed by atoms with Gasteiger partial charge in [-0.1, -0.05) is 4.76 Å². The lowest BCUT2D eigenvalue weighted by atomic mass is 9.90. The predicted octanol–water partition coefficient (Wildman–Crippen LogP) is 1.97. The third-order valence-corrected chi connectivity index (χ3v) is 5.31. The number of quaternary nitrogens is 1.